The summed E-state index contributed by atoms with van der Waals surface area (Å²) in [5, 5.41) is 19.3. The summed E-state index contributed by atoms with van der Waals surface area (Å²) in [5.41, 5.74) is 4.19. The number of hydrogen-bond acceptors (Lipinski definition) is 4. The second kappa shape index (κ2) is 7.03. The van der Waals surface area contributed by atoms with E-state index in [4.69, 9.17) is 6.42 Å². The number of Topliss-reactive ketones (excluding diaryl/α,β-unsaturated/α-hetero) is 1. The largest absolute Gasteiger partial charge is 0.396 e. The second-order valence-electron chi connectivity index (χ2n) is 7.12. The summed E-state index contributed by atoms with van der Waals surface area (Å²) in [6, 6.07) is 6.26. The van der Waals surface area contributed by atoms with Crippen LogP contribution in [-0.4, -0.2) is 47.2 Å². The van der Waals surface area contributed by atoms with E-state index in [2.05, 4.69) is 29.9 Å². The van der Waals surface area contributed by atoms with E-state index in [-0.39, 0.29) is 19.0 Å². The summed E-state index contributed by atoms with van der Waals surface area (Å²) in [5.74, 6) is 2.61. The quantitative estimate of drug-likeness (QED) is 0.821. The van der Waals surface area contributed by atoms with Crippen LogP contribution < -0.4 is 0 Å². The smallest absolute Gasteiger partial charge is 0.177 e. The topological polar surface area (TPSA) is 60.8 Å². The number of ketones is 1. The Morgan fingerprint density at radius 3 is 2.48 bits per heavy atom. The van der Waals surface area contributed by atoms with Crippen LogP contribution in [-0.2, 0) is 17.6 Å². The van der Waals surface area contributed by atoms with Gasteiger partial charge >= 0.3 is 0 Å². The molecule has 0 radical (unpaired) electrons. The maximum Gasteiger partial charge on any atom is 0.177 e. The Balaban J connectivity index is 2.01. The van der Waals surface area contributed by atoms with Gasteiger partial charge in [-0.1, -0.05) is 25.0 Å². The first-order chi connectivity index (χ1) is 12.1. The van der Waals surface area contributed by atoms with Gasteiger partial charge in [0.15, 0.2) is 5.78 Å². The number of carbonyl (C=O) groups excluding carboxylic acids is 1. The van der Waals surface area contributed by atoms with Crippen LogP contribution in [0.4, 0.5) is 0 Å². The van der Waals surface area contributed by atoms with E-state index in [0.29, 0.717) is 37.9 Å². The van der Waals surface area contributed by atoms with Crippen molar-refractivity contribution in [2.24, 2.45) is 5.41 Å². The lowest BCUT2D eigenvalue weighted by atomic mass is 9.78. The number of allylic oxidation sites excluding steroid dienone is 1. The van der Waals surface area contributed by atoms with Crippen molar-refractivity contribution in [3.63, 3.8) is 0 Å². The van der Waals surface area contributed by atoms with Gasteiger partial charge in [0.2, 0.25) is 0 Å². The molecule has 0 amide bonds. The van der Waals surface area contributed by atoms with Gasteiger partial charge in [0.05, 0.1) is 24.5 Å². The van der Waals surface area contributed by atoms with Crippen LogP contribution in [0.2, 0.25) is 0 Å². The van der Waals surface area contributed by atoms with Crippen LogP contribution in [0.3, 0.4) is 0 Å². The first-order valence-electron chi connectivity index (χ1n) is 8.90. The number of hydrogen-bond donors (Lipinski definition) is 2. The van der Waals surface area contributed by atoms with Gasteiger partial charge in [0.25, 0.3) is 0 Å². The lowest BCUT2D eigenvalue weighted by Crippen LogP contribution is -2.44. The van der Waals surface area contributed by atoms with Crippen molar-refractivity contribution < 1.29 is 15.0 Å². The molecule has 0 saturated carbocycles. The molecule has 2 N–H and O–H groups in total. The van der Waals surface area contributed by atoms with Gasteiger partial charge in [0.1, 0.15) is 0 Å². The maximum absolute atomic E-state index is 12.5. The van der Waals surface area contributed by atoms with Crippen LogP contribution >= 0.6 is 0 Å². The van der Waals surface area contributed by atoms with Gasteiger partial charge < -0.3 is 15.1 Å². The van der Waals surface area contributed by atoms with Gasteiger partial charge in [-0.3, -0.25) is 4.79 Å². The van der Waals surface area contributed by atoms with E-state index < -0.39 is 5.41 Å². The average Bonchev–Trinajstić information content (AvgIpc) is 2.66. The van der Waals surface area contributed by atoms with E-state index in [1.54, 1.807) is 0 Å². The Kier molecular flexibility index (Phi) is 4.99. The second-order valence-corrected chi connectivity index (χ2v) is 7.12. The minimum Gasteiger partial charge on any atom is -0.396 e. The van der Waals surface area contributed by atoms with Gasteiger partial charge in [-0.05, 0) is 36.5 Å². The molecular weight excluding hydrogens is 314 g/mol. The van der Waals surface area contributed by atoms with Gasteiger partial charge in [-0.2, -0.15) is 0 Å². The number of aryl methyl sites for hydroxylation is 1. The first-order valence-corrected chi connectivity index (χ1v) is 8.90. The fourth-order valence-corrected chi connectivity index (χ4v) is 3.79. The number of fused-ring (bicyclic) bond motifs is 1. The van der Waals surface area contributed by atoms with Crippen molar-refractivity contribution in [2.45, 2.75) is 32.6 Å². The lowest BCUT2D eigenvalue weighted by Gasteiger charge is -2.42. The van der Waals surface area contributed by atoms with E-state index in [0.717, 1.165) is 23.2 Å². The maximum atomic E-state index is 12.5. The van der Waals surface area contributed by atoms with Crippen LogP contribution in [0, 0.1) is 17.8 Å². The number of likely N-dealkylation sites (tertiary alicyclic amines) is 1. The SMILES string of the molecule is C#CC1=C(N2CCC(CO)(CO)CC2)c2cc(CC)ccc2CC1=O. The molecular formula is C21H25NO3. The minimum atomic E-state index is -0.430. The van der Waals surface area contributed by atoms with Crippen LogP contribution in [0.25, 0.3) is 5.70 Å². The molecule has 2 aliphatic rings. The highest BCUT2D eigenvalue weighted by molar-refractivity contribution is 6.10. The highest BCUT2D eigenvalue weighted by Crippen LogP contribution is 2.38. The zero-order chi connectivity index (χ0) is 18.0. The Morgan fingerprint density at radius 2 is 1.92 bits per heavy atom. The molecule has 1 saturated heterocycles. The molecule has 1 aliphatic carbocycles. The summed E-state index contributed by atoms with van der Waals surface area (Å²) in [4.78, 5) is 14.7. The Morgan fingerprint density at radius 1 is 1.24 bits per heavy atom. The van der Waals surface area contributed by atoms with Crippen molar-refractivity contribution in [3.8, 4) is 12.3 Å². The third kappa shape index (κ3) is 3.10. The summed E-state index contributed by atoms with van der Waals surface area (Å²) in [6.07, 6.45) is 8.33. The number of piperidine rings is 1. The molecule has 1 heterocycles. The van der Waals surface area contributed by atoms with E-state index in [1.807, 2.05) is 6.07 Å². The standard InChI is InChI=1S/C21H25NO3/c1-3-15-5-6-16-12-19(25)17(4-2)20(18(16)11-15)22-9-7-21(13-23,14-24)8-10-22/h2,5-6,11,23-24H,3,7-10,12-14H2,1H3. The van der Waals surface area contributed by atoms with Crippen LogP contribution in [0.1, 0.15) is 36.5 Å². The van der Waals surface area contributed by atoms with Crippen LogP contribution in [0.15, 0.2) is 23.8 Å². The molecule has 0 spiro atoms. The molecule has 4 heteroatoms. The summed E-state index contributed by atoms with van der Waals surface area (Å²) >= 11 is 0. The third-order valence-corrected chi connectivity index (χ3v) is 5.66. The van der Waals surface area contributed by atoms with Crippen molar-refractivity contribution >= 4 is 11.5 Å². The highest BCUT2D eigenvalue weighted by Gasteiger charge is 2.36. The molecule has 3 rings (SSSR count). The predicted molar refractivity (Wildman–Crippen MR) is 97.7 cm³/mol. The van der Waals surface area contributed by atoms with Gasteiger partial charge in [0, 0.05) is 30.5 Å². The predicted octanol–water partition coefficient (Wildman–Crippen LogP) is 1.79. The van der Waals surface area contributed by atoms with Crippen LogP contribution in [0.5, 0.6) is 0 Å². The van der Waals surface area contributed by atoms with Crippen molar-refractivity contribution in [2.75, 3.05) is 26.3 Å². The summed E-state index contributed by atoms with van der Waals surface area (Å²) in [6.45, 7) is 3.41. The molecule has 132 valence electrons. The average molecular weight is 339 g/mol. The number of terminal acetylenes is 1. The first kappa shape index (κ1) is 17.7. The zero-order valence-electron chi connectivity index (χ0n) is 14.7. The van der Waals surface area contributed by atoms with Crippen molar-refractivity contribution in [1.29, 1.82) is 0 Å². The Bertz CT molecular complexity index is 743. The zero-order valence-corrected chi connectivity index (χ0v) is 14.7. The number of benzene rings is 1. The number of aliphatic hydroxyl groups is 2. The minimum absolute atomic E-state index is 0.00426. The molecule has 4 nitrogen and oxygen atoms in total. The number of rotatable bonds is 4. The van der Waals surface area contributed by atoms with Gasteiger partial charge in [-0.15, -0.1) is 6.42 Å². The lowest BCUT2D eigenvalue weighted by molar-refractivity contribution is -0.114. The van der Waals surface area contributed by atoms with E-state index in [9.17, 15) is 15.0 Å². The molecule has 0 atom stereocenters. The third-order valence-electron chi connectivity index (χ3n) is 5.66. The molecule has 25 heavy (non-hydrogen) atoms. The molecule has 1 fully saturated rings. The molecule has 0 unspecified atom stereocenters. The number of nitrogens with zero attached hydrogens (tertiary/aromatic N) is 1. The molecule has 1 aliphatic heterocycles. The fourth-order valence-electron chi connectivity index (χ4n) is 3.79. The van der Waals surface area contributed by atoms with Crippen molar-refractivity contribution in [3.05, 3.63) is 40.5 Å². The van der Waals surface area contributed by atoms with Crippen molar-refractivity contribution in [1.82, 2.24) is 4.90 Å². The summed E-state index contributed by atoms with van der Waals surface area (Å²) < 4.78 is 0. The molecule has 0 bridgehead atoms. The normalized spacial score (nSPS) is 19.6. The molecule has 1 aromatic rings. The van der Waals surface area contributed by atoms with E-state index in [1.165, 1.54) is 5.56 Å². The summed E-state index contributed by atoms with van der Waals surface area (Å²) in [7, 11) is 0. The highest BCUT2D eigenvalue weighted by atomic mass is 16.3. The number of aliphatic hydroxyl groups excluding tert-OH is 2. The Labute approximate surface area is 149 Å². The number of carbonyl (C=O) groups is 1. The van der Waals surface area contributed by atoms with Gasteiger partial charge in [-0.25, -0.2) is 0 Å². The van der Waals surface area contributed by atoms with E-state index >= 15 is 0 Å². The molecule has 1 aromatic carbocycles. The fraction of sp³-hybridized carbons (Fsp3) is 0.476. The Hall–Kier alpha value is -2.09. The molecule has 0 aromatic heterocycles. The monoisotopic (exact) mass is 339 g/mol.